The molecule has 0 aliphatic carbocycles. The molecule has 1 N–H and O–H groups in total. The highest BCUT2D eigenvalue weighted by molar-refractivity contribution is 6.30. The van der Waals surface area contributed by atoms with E-state index >= 15 is 0 Å². The minimum Gasteiger partial charge on any atom is -0.316 e. The molecule has 104 valence electrons. The fraction of sp³-hybridized carbons (Fsp3) is 0.625. The van der Waals surface area contributed by atoms with Crippen LogP contribution in [0.15, 0.2) is 12.1 Å². The van der Waals surface area contributed by atoms with Crippen LogP contribution in [0.3, 0.4) is 0 Å². The highest BCUT2D eigenvalue weighted by Gasteiger charge is 2.40. The molecule has 2 aliphatic rings. The molecule has 1 spiro atoms. The molecule has 1 atom stereocenters. The number of rotatable bonds is 2. The van der Waals surface area contributed by atoms with Crippen LogP contribution >= 0.6 is 11.6 Å². The normalized spacial score (nSPS) is 27.5. The zero-order valence-electron chi connectivity index (χ0n) is 11.9. The molecule has 3 rings (SSSR count). The lowest BCUT2D eigenvalue weighted by Crippen LogP contribution is -2.29. The molecule has 1 unspecified atom stereocenters. The molecule has 0 aromatic heterocycles. The Morgan fingerprint density at radius 1 is 1.26 bits per heavy atom. The number of benzene rings is 1. The average molecular weight is 279 g/mol. The van der Waals surface area contributed by atoms with Crippen molar-refractivity contribution in [3.8, 4) is 0 Å². The van der Waals surface area contributed by atoms with Gasteiger partial charge in [-0.05, 0) is 74.0 Å². The Kier molecular flexibility index (Phi) is 3.59. The molecule has 1 aromatic rings. The Labute approximate surface area is 121 Å². The van der Waals surface area contributed by atoms with Gasteiger partial charge in [-0.15, -0.1) is 0 Å². The predicted octanol–water partition coefficient (Wildman–Crippen LogP) is 3.14. The summed E-state index contributed by atoms with van der Waals surface area (Å²) in [4.78, 5) is 2.62. The van der Waals surface area contributed by atoms with Crippen LogP contribution in [0.4, 0.5) is 0 Å². The topological polar surface area (TPSA) is 15.3 Å². The second-order valence-electron chi connectivity index (χ2n) is 6.41. The Morgan fingerprint density at radius 2 is 2.00 bits per heavy atom. The second-order valence-corrected chi connectivity index (χ2v) is 6.84. The van der Waals surface area contributed by atoms with E-state index in [2.05, 4.69) is 36.2 Å². The van der Waals surface area contributed by atoms with Crippen LogP contribution in [0.25, 0.3) is 0 Å². The summed E-state index contributed by atoms with van der Waals surface area (Å²) in [6, 6.07) is 4.18. The van der Waals surface area contributed by atoms with Crippen molar-refractivity contribution in [3.63, 3.8) is 0 Å². The number of nitrogens with one attached hydrogen (secondary N) is 1. The molecule has 0 radical (unpaired) electrons. The molecule has 2 nitrogen and oxygen atoms in total. The van der Waals surface area contributed by atoms with Gasteiger partial charge in [0.25, 0.3) is 0 Å². The molecular formula is C16H23ClN2. The van der Waals surface area contributed by atoms with Gasteiger partial charge in [0, 0.05) is 24.7 Å². The number of halogens is 1. The van der Waals surface area contributed by atoms with E-state index in [0.717, 1.165) is 11.6 Å². The van der Waals surface area contributed by atoms with Crippen LogP contribution in [-0.4, -0.2) is 31.1 Å². The third kappa shape index (κ3) is 2.67. The van der Waals surface area contributed by atoms with Gasteiger partial charge in [-0.25, -0.2) is 0 Å². The molecule has 2 saturated heterocycles. The Hall–Kier alpha value is -0.570. The first kappa shape index (κ1) is 13.4. The van der Waals surface area contributed by atoms with Crippen molar-refractivity contribution >= 4 is 11.6 Å². The lowest BCUT2D eigenvalue weighted by atomic mass is 9.86. The van der Waals surface area contributed by atoms with Gasteiger partial charge in [0.2, 0.25) is 0 Å². The quantitative estimate of drug-likeness (QED) is 0.894. The maximum absolute atomic E-state index is 6.12. The molecule has 3 heteroatoms. The molecule has 0 amide bonds. The fourth-order valence-corrected chi connectivity index (χ4v) is 4.05. The van der Waals surface area contributed by atoms with Crippen molar-refractivity contribution in [1.29, 1.82) is 0 Å². The first-order chi connectivity index (χ1) is 9.08. The lowest BCUT2D eigenvalue weighted by molar-refractivity contribution is 0.268. The third-order valence-corrected chi connectivity index (χ3v) is 5.11. The van der Waals surface area contributed by atoms with Crippen molar-refractivity contribution in [2.75, 3.05) is 26.2 Å². The van der Waals surface area contributed by atoms with Crippen LogP contribution in [-0.2, 0) is 6.54 Å². The molecule has 0 bridgehead atoms. The Balaban J connectivity index is 1.73. The van der Waals surface area contributed by atoms with Crippen molar-refractivity contribution in [2.45, 2.75) is 33.2 Å². The van der Waals surface area contributed by atoms with Crippen LogP contribution in [0.1, 0.15) is 29.5 Å². The summed E-state index contributed by atoms with van der Waals surface area (Å²) in [6.45, 7) is 10.3. The van der Waals surface area contributed by atoms with Gasteiger partial charge in [0.05, 0.1) is 0 Å². The number of hydrogen-bond donors (Lipinski definition) is 1. The van der Waals surface area contributed by atoms with Crippen molar-refractivity contribution in [2.24, 2.45) is 5.41 Å². The monoisotopic (exact) mass is 278 g/mol. The summed E-state index contributed by atoms with van der Waals surface area (Å²) in [5.74, 6) is 0. The molecule has 2 heterocycles. The van der Waals surface area contributed by atoms with E-state index in [1.807, 2.05) is 0 Å². The molecule has 1 aromatic carbocycles. The van der Waals surface area contributed by atoms with E-state index in [0.29, 0.717) is 5.41 Å². The second kappa shape index (κ2) is 5.08. The van der Waals surface area contributed by atoms with Gasteiger partial charge >= 0.3 is 0 Å². The number of aryl methyl sites for hydroxylation is 2. The first-order valence-electron chi connectivity index (χ1n) is 7.27. The third-order valence-electron chi connectivity index (χ3n) is 4.89. The standard InChI is InChI=1S/C16H23ClN2/c1-12-7-14(17)8-13(2)15(12)9-19-6-4-16(11-19)3-5-18-10-16/h7-8,18H,3-6,9-11H2,1-2H3. The number of nitrogens with zero attached hydrogens (tertiary/aromatic N) is 1. The highest BCUT2D eigenvalue weighted by Crippen LogP contribution is 2.37. The average Bonchev–Trinajstić information content (AvgIpc) is 2.95. The molecule has 0 saturated carbocycles. The SMILES string of the molecule is Cc1cc(Cl)cc(C)c1CN1CCC2(CCNC2)C1. The zero-order chi connectivity index (χ0) is 13.5. The van der Waals surface area contributed by atoms with Gasteiger partial charge < -0.3 is 5.32 Å². The van der Waals surface area contributed by atoms with E-state index in [4.69, 9.17) is 11.6 Å². The summed E-state index contributed by atoms with van der Waals surface area (Å²) >= 11 is 6.12. The first-order valence-corrected chi connectivity index (χ1v) is 7.65. The van der Waals surface area contributed by atoms with Crippen LogP contribution < -0.4 is 5.32 Å². The minimum atomic E-state index is 0.564. The van der Waals surface area contributed by atoms with Gasteiger partial charge in [-0.2, -0.15) is 0 Å². The van der Waals surface area contributed by atoms with E-state index in [-0.39, 0.29) is 0 Å². The van der Waals surface area contributed by atoms with Crippen molar-refractivity contribution < 1.29 is 0 Å². The fourth-order valence-electron chi connectivity index (χ4n) is 3.72. The van der Waals surface area contributed by atoms with Gasteiger partial charge in [-0.3, -0.25) is 4.90 Å². The minimum absolute atomic E-state index is 0.564. The summed E-state index contributed by atoms with van der Waals surface area (Å²) in [6.07, 6.45) is 2.70. The van der Waals surface area contributed by atoms with Gasteiger partial charge in [0.1, 0.15) is 0 Å². The largest absolute Gasteiger partial charge is 0.316 e. The molecule has 2 aliphatic heterocycles. The Morgan fingerprint density at radius 3 is 2.63 bits per heavy atom. The molecule has 2 fully saturated rings. The molecule has 19 heavy (non-hydrogen) atoms. The summed E-state index contributed by atoms with van der Waals surface area (Å²) in [7, 11) is 0. The van der Waals surface area contributed by atoms with E-state index in [1.54, 1.807) is 0 Å². The molecular weight excluding hydrogens is 256 g/mol. The summed E-state index contributed by atoms with van der Waals surface area (Å²) < 4.78 is 0. The smallest absolute Gasteiger partial charge is 0.0411 e. The van der Waals surface area contributed by atoms with Crippen LogP contribution in [0.2, 0.25) is 5.02 Å². The van der Waals surface area contributed by atoms with Crippen LogP contribution in [0.5, 0.6) is 0 Å². The van der Waals surface area contributed by atoms with Crippen molar-refractivity contribution in [3.05, 3.63) is 33.8 Å². The summed E-state index contributed by atoms with van der Waals surface area (Å²) in [5.41, 5.74) is 4.69. The number of likely N-dealkylation sites (tertiary alicyclic amines) is 1. The van der Waals surface area contributed by atoms with Crippen molar-refractivity contribution in [1.82, 2.24) is 10.2 Å². The summed E-state index contributed by atoms with van der Waals surface area (Å²) in [5, 5.41) is 4.38. The maximum atomic E-state index is 6.12. The predicted molar refractivity (Wildman–Crippen MR) is 80.7 cm³/mol. The van der Waals surface area contributed by atoms with E-state index < -0.39 is 0 Å². The van der Waals surface area contributed by atoms with Gasteiger partial charge in [-0.1, -0.05) is 11.6 Å². The lowest BCUT2D eigenvalue weighted by Gasteiger charge is -2.24. The van der Waals surface area contributed by atoms with E-state index in [1.165, 1.54) is 55.7 Å². The highest BCUT2D eigenvalue weighted by atomic mass is 35.5. The zero-order valence-corrected chi connectivity index (χ0v) is 12.7. The van der Waals surface area contributed by atoms with E-state index in [9.17, 15) is 0 Å². The van der Waals surface area contributed by atoms with Gasteiger partial charge in [0.15, 0.2) is 0 Å². The van der Waals surface area contributed by atoms with Crippen LogP contribution in [0, 0.1) is 19.3 Å². The Bertz CT molecular complexity index is 455. The number of hydrogen-bond acceptors (Lipinski definition) is 2. The maximum Gasteiger partial charge on any atom is 0.0411 e.